The van der Waals surface area contributed by atoms with Crippen molar-refractivity contribution < 1.29 is 18.8 Å². The van der Waals surface area contributed by atoms with Gasteiger partial charge < -0.3 is 4.90 Å². The van der Waals surface area contributed by atoms with Gasteiger partial charge in [0, 0.05) is 33.0 Å². The molecule has 0 aromatic heterocycles. The summed E-state index contributed by atoms with van der Waals surface area (Å²) >= 11 is 0. The summed E-state index contributed by atoms with van der Waals surface area (Å²) in [6, 6.07) is 5.68. The Morgan fingerprint density at radius 1 is 1.28 bits per heavy atom. The maximum atomic E-state index is 13.7. The number of likely N-dealkylation sites (tertiary alicyclic amines) is 2. The number of hydrogen-bond donors (Lipinski definition) is 0. The molecular weight excluding hydrogens is 323 g/mol. The summed E-state index contributed by atoms with van der Waals surface area (Å²) in [6.07, 6.45) is 1.68. The average molecular weight is 346 g/mol. The summed E-state index contributed by atoms with van der Waals surface area (Å²) in [6.45, 7) is 3.48. The summed E-state index contributed by atoms with van der Waals surface area (Å²) in [4.78, 5) is 40.6. The average Bonchev–Trinajstić information content (AvgIpc) is 2.80. The zero-order valence-corrected chi connectivity index (χ0v) is 14.6. The van der Waals surface area contributed by atoms with Gasteiger partial charge in [-0.15, -0.1) is 0 Å². The number of piperidine rings is 1. The van der Waals surface area contributed by atoms with E-state index >= 15 is 0 Å². The van der Waals surface area contributed by atoms with Gasteiger partial charge in [-0.05, 0) is 36.5 Å². The first kappa shape index (κ1) is 17.6. The fourth-order valence-corrected chi connectivity index (χ4v) is 3.77. The van der Waals surface area contributed by atoms with Crippen LogP contribution in [0.4, 0.5) is 4.39 Å². The third kappa shape index (κ3) is 3.17. The number of hydrogen-bond acceptors (Lipinski definition) is 3. The summed E-state index contributed by atoms with van der Waals surface area (Å²) in [7, 11) is 1.42. The van der Waals surface area contributed by atoms with Gasteiger partial charge in [-0.2, -0.15) is 0 Å². The lowest BCUT2D eigenvalue weighted by molar-refractivity contribution is -0.142. The Balaban J connectivity index is 1.92. The van der Waals surface area contributed by atoms with Gasteiger partial charge in [0.1, 0.15) is 5.82 Å². The van der Waals surface area contributed by atoms with E-state index in [0.717, 1.165) is 17.7 Å². The van der Waals surface area contributed by atoms with Crippen LogP contribution >= 0.6 is 0 Å². The topological polar surface area (TPSA) is 57.7 Å². The molecule has 0 saturated carbocycles. The highest BCUT2D eigenvalue weighted by Gasteiger charge is 2.53. The fourth-order valence-electron chi connectivity index (χ4n) is 3.77. The molecule has 0 spiro atoms. The normalized spacial score (nSPS) is 24.9. The molecular formula is C19H23FN2O3. The lowest BCUT2D eigenvalue weighted by Crippen LogP contribution is -2.44. The summed E-state index contributed by atoms with van der Waals surface area (Å²) in [5, 5.41) is 0. The van der Waals surface area contributed by atoms with Crippen LogP contribution in [0, 0.1) is 11.7 Å². The Hall–Kier alpha value is -2.24. The van der Waals surface area contributed by atoms with Crippen molar-refractivity contribution in [1.82, 2.24) is 9.80 Å². The number of halogens is 1. The zero-order valence-electron chi connectivity index (χ0n) is 14.6. The number of amides is 3. The van der Waals surface area contributed by atoms with Gasteiger partial charge in [-0.1, -0.05) is 19.1 Å². The van der Waals surface area contributed by atoms with Gasteiger partial charge >= 0.3 is 0 Å². The third-order valence-electron chi connectivity index (χ3n) is 5.51. The summed E-state index contributed by atoms with van der Waals surface area (Å²) in [5.74, 6) is -0.809. The van der Waals surface area contributed by atoms with Crippen molar-refractivity contribution in [1.29, 1.82) is 0 Å². The first-order chi connectivity index (χ1) is 11.8. The van der Waals surface area contributed by atoms with Crippen LogP contribution in [0.15, 0.2) is 24.3 Å². The largest absolute Gasteiger partial charge is 0.343 e. The minimum absolute atomic E-state index is 0.0955. The highest BCUT2D eigenvalue weighted by atomic mass is 19.1. The van der Waals surface area contributed by atoms with E-state index in [-0.39, 0.29) is 24.7 Å². The standard InChI is InChI=1S/C19H23FN2O3/c1-13-6-8-22(9-7-13)17(24)12-19(11-16(23)21(2)18(19)25)14-4-3-5-15(20)10-14/h3-5,10,13H,6-9,11-12H2,1-2H3/t19-/m0/s1. The van der Waals surface area contributed by atoms with Crippen molar-refractivity contribution in [3.63, 3.8) is 0 Å². The molecule has 2 aliphatic rings. The maximum absolute atomic E-state index is 13.7. The van der Waals surface area contributed by atoms with Crippen LogP contribution in [-0.2, 0) is 19.8 Å². The molecule has 3 rings (SSSR count). The number of carbonyl (C=O) groups is 3. The quantitative estimate of drug-likeness (QED) is 0.788. The van der Waals surface area contributed by atoms with E-state index in [2.05, 4.69) is 6.92 Å². The van der Waals surface area contributed by atoms with Gasteiger partial charge in [-0.25, -0.2) is 4.39 Å². The highest BCUT2D eigenvalue weighted by molar-refractivity contribution is 6.10. The summed E-state index contributed by atoms with van der Waals surface area (Å²) < 4.78 is 13.7. The Labute approximate surface area is 146 Å². The Morgan fingerprint density at radius 2 is 1.96 bits per heavy atom. The van der Waals surface area contributed by atoms with Crippen LogP contribution in [0.2, 0.25) is 0 Å². The second-order valence-corrected chi connectivity index (χ2v) is 7.27. The fraction of sp³-hybridized carbons (Fsp3) is 0.526. The van der Waals surface area contributed by atoms with E-state index in [4.69, 9.17) is 0 Å². The third-order valence-corrected chi connectivity index (χ3v) is 5.51. The molecule has 1 atom stereocenters. The second-order valence-electron chi connectivity index (χ2n) is 7.27. The van der Waals surface area contributed by atoms with Crippen molar-refractivity contribution in [2.24, 2.45) is 5.92 Å². The van der Waals surface area contributed by atoms with Crippen molar-refractivity contribution in [2.75, 3.05) is 20.1 Å². The molecule has 0 radical (unpaired) electrons. The number of rotatable bonds is 3. The first-order valence-electron chi connectivity index (χ1n) is 8.68. The Kier molecular flexibility index (Phi) is 4.62. The van der Waals surface area contributed by atoms with E-state index < -0.39 is 17.1 Å². The number of imide groups is 1. The van der Waals surface area contributed by atoms with Crippen molar-refractivity contribution >= 4 is 17.7 Å². The second kappa shape index (κ2) is 6.58. The molecule has 2 fully saturated rings. The van der Waals surface area contributed by atoms with Crippen molar-refractivity contribution in [2.45, 2.75) is 38.0 Å². The molecule has 1 aromatic rings. The number of likely N-dealkylation sites (N-methyl/N-ethyl adjacent to an activating group) is 1. The SMILES string of the molecule is CC1CCN(C(=O)C[C@]2(c3cccc(F)c3)CC(=O)N(C)C2=O)CC1. The predicted octanol–water partition coefficient (Wildman–Crippen LogP) is 2.10. The molecule has 0 bridgehead atoms. The smallest absolute Gasteiger partial charge is 0.240 e. The lowest BCUT2D eigenvalue weighted by Gasteiger charge is -2.34. The van der Waals surface area contributed by atoms with Gasteiger partial charge in [0.05, 0.1) is 5.41 Å². The van der Waals surface area contributed by atoms with Crippen LogP contribution in [0.25, 0.3) is 0 Å². The molecule has 25 heavy (non-hydrogen) atoms. The van der Waals surface area contributed by atoms with Crippen LogP contribution in [0.1, 0.15) is 38.2 Å². The van der Waals surface area contributed by atoms with Crippen molar-refractivity contribution in [3.8, 4) is 0 Å². The predicted molar refractivity (Wildman–Crippen MR) is 90.1 cm³/mol. The van der Waals surface area contributed by atoms with Gasteiger partial charge in [-0.3, -0.25) is 19.3 Å². The molecule has 6 heteroatoms. The summed E-state index contributed by atoms with van der Waals surface area (Å²) in [5.41, 5.74) is -0.900. The molecule has 0 unspecified atom stereocenters. The Morgan fingerprint density at radius 3 is 2.52 bits per heavy atom. The minimum Gasteiger partial charge on any atom is -0.343 e. The van der Waals surface area contributed by atoms with Crippen LogP contribution in [0.3, 0.4) is 0 Å². The minimum atomic E-state index is -1.30. The van der Waals surface area contributed by atoms with E-state index in [1.807, 2.05) is 0 Å². The number of carbonyl (C=O) groups excluding carboxylic acids is 3. The van der Waals surface area contributed by atoms with E-state index in [0.29, 0.717) is 24.6 Å². The van der Waals surface area contributed by atoms with Gasteiger partial charge in [0.25, 0.3) is 0 Å². The van der Waals surface area contributed by atoms with Gasteiger partial charge in [0.15, 0.2) is 0 Å². The molecule has 3 amide bonds. The van der Waals surface area contributed by atoms with Crippen molar-refractivity contribution in [3.05, 3.63) is 35.6 Å². The first-order valence-corrected chi connectivity index (χ1v) is 8.68. The van der Waals surface area contributed by atoms with Crippen LogP contribution in [0.5, 0.6) is 0 Å². The molecule has 0 N–H and O–H groups in total. The maximum Gasteiger partial charge on any atom is 0.240 e. The molecule has 2 aliphatic heterocycles. The molecule has 1 aromatic carbocycles. The molecule has 0 aliphatic carbocycles. The van der Waals surface area contributed by atoms with Crippen LogP contribution < -0.4 is 0 Å². The highest BCUT2D eigenvalue weighted by Crippen LogP contribution is 2.40. The molecule has 2 saturated heterocycles. The molecule has 134 valence electrons. The molecule has 2 heterocycles. The van der Waals surface area contributed by atoms with Crippen LogP contribution in [-0.4, -0.2) is 47.7 Å². The van der Waals surface area contributed by atoms with E-state index in [9.17, 15) is 18.8 Å². The molecule has 5 nitrogen and oxygen atoms in total. The van der Waals surface area contributed by atoms with Gasteiger partial charge in [0.2, 0.25) is 17.7 Å². The monoisotopic (exact) mass is 346 g/mol. The number of nitrogens with zero attached hydrogens (tertiary/aromatic N) is 2. The zero-order chi connectivity index (χ0) is 18.2. The van der Waals surface area contributed by atoms with E-state index in [1.54, 1.807) is 11.0 Å². The lowest BCUT2D eigenvalue weighted by atomic mass is 9.75. The Bertz CT molecular complexity index is 712. The number of benzene rings is 1. The van der Waals surface area contributed by atoms with E-state index in [1.165, 1.54) is 25.2 Å².